The summed E-state index contributed by atoms with van der Waals surface area (Å²) in [6.45, 7) is 12.1. The Kier molecular flexibility index (Phi) is 5.23. The molecule has 0 saturated carbocycles. The molecular weight excluding hydrogens is 266 g/mol. The zero-order valence-electron chi connectivity index (χ0n) is 13.0. The van der Waals surface area contributed by atoms with Crippen molar-refractivity contribution in [3.8, 4) is 0 Å². The topological polar surface area (TPSA) is 83.5 Å². The van der Waals surface area contributed by atoms with E-state index >= 15 is 0 Å². The van der Waals surface area contributed by atoms with Gasteiger partial charge in [0, 0.05) is 5.54 Å². The van der Waals surface area contributed by atoms with Crippen LogP contribution in [-0.2, 0) is 14.8 Å². The molecular formula is C13H27NO4S. The van der Waals surface area contributed by atoms with Gasteiger partial charge in [-0.3, -0.25) is 4.79 Å². The Balaban J connectivity index is 4.98. The predicted molar refractivity (Wildman–Crippen MR) is 76.5 cm³/mol. The number of aliphatic carboxylic acids is 1. The van der Waals surface area contributed by atoms with Crippen LogP contribution in [0.5, 0.6) is 0 Å². The molecule has 0 spiro atoms. The minimum Gasteiger partial charge on any atom is -0.481 e. The number of hydrogen-bond acceptors (Lipinski definition) is 3. The summed E-state index contributed by atoms with van der Waals surface area (Å²) in [4.78, 5) is 11.2. The normalized spacial score (nSPS) is 14.5. The van der Waals surface area contributed by atoms with Crippen molar-refractivity contribution in [2.45, 2.75) is 60.4 Å². The van der Waals surface area contributed by atoms with E-state index in [4.69, 9.17) is 0 Å². The first-order valence-electron chi connectivity index (χ1n) is 6.36. The second kappa shape index (κ2) is 5.40. The summed E-state index contributed by atoms with van der Waals surface area (Å²) in [6, 6.07) is 0. The van der Waals surface area contributed by atoms with E-state index in [1.165, 1.54) is 13.8 Å². The maximum Gasteiger partial charge on any atom is 0.310 e. The molecule has 0 aliphatic rings. The average molecular weight is 293 g/mol. The minimum absolute atomic E-state index is 0.00434. The Labute approximate surface area is 116 Å². The van der Waals surface area contributed by atoms with Crippen LogP contribution in [0.1, 0.15) is 54.9 Å². The van der Waals surface area contributed by atoms with Gasteiger partial charge in [-0.15, -0.1) is 0 Å². The molecule has 0 aromatic rings. The van der Waals surface area contributed by atoms with Crippen LogP contribution in [-0.4, -0.2) is 30.8 Å². The molecule has 0 fully saturated rings. The molecule has 0 unspecified atom stereocenters. The van der Waals surface area contributed by atoms with Crippen molar-refractivity contribution in [2.75, 3.05) is 5.75 Å². The Hall–Kier alpha value is -0.620. The molecule has 0 atom stereocenters. The third-order valence-corrected chi connectivity index (χ3v) is 5.19. The monoisotopic (exact) mass is 293 g/mol. The van der Waals surface area contributed by atoms with Gasteiger partial charge < -0.3 is 5.11 Å². The van der Waals surface area contributed by atoms with Gasteiger partial charge in [-0.2, -0.15) is 0 Å². The summed E-state index contributed by atoms with van der Waals surface area (Å²) >= 11 is 0. The number of carbonyl (C=O) groups is 1. The molecule has 6 heteroatoms. The number of hydrogen-bond donors (Lipinski definition) is 2. The van der Waals surface area contributed by atoms with E-state index < -0.39 is 26.9 Å². The highest BCUT2D eigenvalue weighted by atomic mass is 32.2. The van der Waals surface area contributed by atoms with Crippen LogP contribution in [0, 0.1) is 10.8 Å². The predicted octanol–water partition coefficient (Wildman–Crippen LogP) is 2.23. The lowest BCUT2D eigenvalue weighted by Gasteiger charge is -2.38. The Morgan fingerprint density at radius 3 is 1.79 bits per heavy atom. The molecule has 0 saturated heterocycles. The third-order valence-electron chi connectivity index (χ3n) is 3.63. The van der Waals surface area contributed by atoms with E-state index in [1.54, 1.807) is 13.8 Å². The Bertz CT molecular complexity index is 430. The summed E-state index contributed by atoms with van der Waals surface area (Å²) in [5, 5.41) is 9.20. The van der Waals surface area contributed by atoms with E-state index in [0.29, 0.717) is 6.42 Å². The first kappa shape index (κ1) is 18.4. The smallest absolute Gasteiger partial charge is 0.310 e. The van der Waals surface area contributed by atoms with Crippen LogP contribution < -0.4 is 4.72 Å². The second-order valence-corrected chi connectivity index (χ2v) is 9.13. The number of carboxylic acid groups (broad SMARTS) is 1. The first-order valence-corrected chi connectivity index (χ1v) is 8.01. The van der Waals surface area contributed by atoms with Gasteiger partial charge >= 0.3 is 5.97 Å². The zero-order valence-corrected chi connectivity index (χ0v) is 13.8. The standard InChI is InChI=1S/C13H27NO4S/c1-11(2,3)8-9-19(17,18)14-13(6,7)12(4,5)10(15)16/h14H,8-9H2,1-7H3,(H,15,16). The first-order chi connectivity index (χ1) is 8.11. The molecule has 0 rings (SSSR count). The molecule has 0 aromatic carbocycles. The Morgan fingerprint density at radius 1 is 1.05 bits per heavy atom. The molecule has 114 valence electrons. The molecule has 0 aliphatic carbocycles. The van der Waals surface area contributed by atoms with Gasteiger partial charge in [0.15, 0.2) is 0 Å². The fourth-order valence-electron chi connectivity index (χ4n) is 1.28. The minimum atomic E-state index is -3.50. The van der Waals surface area contributed by atoms with Crippen molar-refractivity contribution < 1.29 is 18.3 Å². The van der Waals surface area contributed by atoms with Crippen molar-refractivity contribution in [3.05, 3.63) is 0 Å². The molecule has 0 amide bonds. The second-order valence-electron chi connectivity index (χ2n) is 7.29. The van der Waals surface area contributed by atoms with Crippen LogP contribution in [0.15, 0.2) is 0 Å². The van der Waals surface area contributed by atoms with E-state index in [2.05, 4.69) is 4.72 Å². The van der Waals surface area contributed by atoms with Gasteiger partial charge in [0.25, 0.3) is 0 Å². The fourth-order valence-corrected chi connectivity index (χ4v) is 3.29. The largest absolute Gasteiger partial charge is 0.481 e. The molecule has 0 aromatic heterocycles. The van der Waals surface area contributed by atoms with Crippen molar-refractivity contribution in [3.63, 3.8) is 0 Å². The lowest BCUT2D eigenvalue weighted by atomic mass is 9.75. The number of nitrogens with one attached hydrogen (secondary N) is 1. The summed E-state index contributed by atoms with van der Waals surface area (Å²) in [6.07, 6.45) is 0.520. The molecule has 5 nitrogen and oxygen atoms in total. The van der Waals surface area contributed by atoms with E-state index in [-0.39, 0.29) is 11.2 Å². The number of carboxylic acids is 1. The fraction of sp³-hybridized carbons (Fsp3) is 0.923. The maximum atomic E-state index is 12.1. The maximum absolute atomic E-state index is 12.1. The van der Waals surface area contributed by atoms with Crippen LogP contribution in [0.3, 0.4) is 0 Å². The highest BCUT2D eigenvalue weighted by Gasteiger charge is 2.45. The zero-order chi connectivity index (χ0) is 15.7. The highest BCUT2D eigenvalue weighted by molar-refractivity contribution is 7.89. The van der Waals surface area contributed by atoms with Crippen molar-refractivity contribution in [2.24, 2.45) is 10.8 Å². The van der Waals surface area contributed by atoms with Gasteiger partial charge in [-0.25, -0.2) is 13.1 Å². The van der Waals surface area contributed by atoms with Gasteiger partial charge in [0.1, 0.15) is 0 Å². The molecule has 0 radical (unpaired) electrons. The highest BCUT2D eigenvalue weighted by Crippen LogP contribution is 2.31. The van der Waals surface area contributed by atoms with Crippen LogP contribution in [0.25, 0.3) is 0 Å². The van der Waals surface area contributed by atoms with E-state index in [1.807, 2.05) is 20.8 Å². The molecule has 2 N–H and O–H groups in total. The van der Waals surface area contributed by atoms with Crippen molar-refractivity contribution >= 4 is 16.0 Å². The van der Waals surface area contributed by atoms with Crippen LogP contribution in [0.2, 0.25) is 0 Å². The van der Waals surface area contributed by atoms with Gasteiger partial charge in [0.2, 0.25) is 10.0 Å². The number of rotatable bonds is 6. The molecule has 19 heavy (non-hydrogen) atoms. The van der Waals surface area contributed by atoms with Crippen molar-refractivity contribution in [1.29, 1.82) is 0 Å². The summed E-state index contributed by atoms with van der Waals surface area (Å²) < 4.78 is 26.6. The lowest BCUT2D eigenvalue weighted by molar-refractivity contribution is -0.150. The Morgan fingerprint density at radius 2 is 1.47 bits per heavy atom. The quantitative estimate of drug-likeness (QED) is 0.786. The SMILES string of the molecule is CC(C)(C)CCS(=O)(=O)NC(C)(C)C(C)(C)C(=O)O. The third kappa shape index (κ3) is 5.48. The summed E-state index contributed by atoms with van der Waals surface area (Å²) in [5.74, 6) is -1.04. The summed E-state index contributed by atoms with van der Waals surface area (Å²) in [5.41, 5.74) is -2.33. The molecule has 0 heterocycles. The van der Waals surface area contributed by atoms with Crippen LogP contribution in [0.4, 0.5) is 0 Å². The lowest BCUT2D eigenvalue weighted by Crippen LogP contribution is -2.57. The van der Waals surface area contributed by atoms with Gasteiger partial charge in [-0.1, -0.05) is 20.8 Å². The van der Waals surface area contributed by atoms with Crippen LogP contribution >= 0.6 is 0 Å². The molecule has 0 bridgehead atoms. The van der Waals surface area contributed by atoms with E-state index in [9.17, 15) is 18.3 Å². The molecule has 0 aliphatic heterocycles. The van der Waals surface area contributed by atoms with Gasteiger partial charge in [-0.05, 0) is 39.5 Å². The van der Waals surface area contributed by atoms with Gasteiger partial charge in [0.05, 0.1) is 11.2 Å². The average Bonchev–Trinajstić information content (AvgIpc) is 2.11. The van der Waals surface area contributed by atoms with E-state index in [0.717, 1.165) is 0 Å². The summed E-state index contributed by atoms with van der Waals surface area (Å²) in [7, 11) is -3.50. The number of sulfonamides is 1. The van der Waals surface area contributed by atoms with Crippen molar-refractivity contribution in [1.82, 2.24) is 4.72 Å².